The van der Waals surface area contributed by atoms with Crippen LogP contribution >= 0.6 is 0 Å². The molecule has 0 bridgehead atoms. The molecule has 0 amide bonds. The highest BCUT2D eigenvalue weighted by molar-refractivity contribution is 5.93. The van der Waals surface area contributed by atoms with Crippen molar-refractivity contribution in [3.63, 3.8) is 0 Å². The fourth-order valence-corrected chi connectivity index (χ4v) is 4.47. The summed E-state index contributed by atoms with van der Waals surface area (Å²) in [4.78, 5) is 12.4. The topological polar surface area (TPSA) is 29.0 Å². The summed E-state index contributed by atoms with van der Waals surface area (Å²) in [6.07, 6.45) is 3.54. The number of piperidine rings is 1. The first-order valence-electron chi connectivity index (χ1n) is 10.9. The van der Waals surface area contributed by atoms with E-state index in [-0.39, 0.29) is 0 Å². The molecule has 30 heavy (non-hydrogen) atoms. The van der Waals surface area contributed by atoms with Crippen molar-refractivity contribution in [3.05, 3.63) is 90.0 Å². The van der Waals surface area contributed by atoms with Gasteiger partial charge in [0.15, 0.2) is 0 Å². The largest absolute Gasteiger partial charge is 0.341 e. The third-order valence-electron chi connectivity index (χ3n) is 6.15. The van der Waals surface area contributed by atoms with E-state index in [0.717, 1.165) is 47.1 Å². The third-order valence-corrected chi connectivity index (χ3v) is 6.15. The summed E-state index contributed by atoms with van der Waals surface area (Å²) < 4.78 is 0. The van der Waals surface area contributed by atoms with Gasteiger partial charge in [0.05, 0.1) is 11.2 Å². The first kappa shape index (κ1) is 18.8. The molecule has 3 aromatic carbocycles. The molecule has 150 valence electrons. The van der Waals surface area contributed by atoms with Crippen LogP contribution in [-0.4, -0.2) is 23.1 Å². The van der Waals surface area contributed by atoms with Crippen LogP contribution < -0.4 is 4.90 Å². The number of aryl methyl sites for hydroxylation is 1. The molecule has 4 aromatic rings. The van der Waals surface area contributed by atoms with E-state index >= 15 is 0 Å². The highest BCUT2D eigenvalue weighted by atomic mass is 15.3. The Kier molecular flexibility index (Phi) is 5.18. The highest BCUT2D eigenvalue weighted by Gasteiger charge is 2.22. The van der Waals surface area contributed by atoms with Gasteiger partial charge in [0.25, 0.3) is 0 Å². The summed E-state index contributed by atoms with van der Waals surface area (Å²) >= 11 is 0. The normalized spacial score (nSPS) is 14.9. The monoisotopic (exact) mass is 393 g/mol. The summed E-state index contributed by atoms with van der Waals surface area (Å²) in [7, 11) is 0. The smallest absolute Gasteiger partial charge is 0.226 e. The molecule has 2 heterocycles. The molecule has 3 heteroatoms. The minimum Gasteiger partial charge on any atom is -0.341 e. The predicted molar refractivity (Wildman–Crippen MR) is 125 cm³/mol. The molecule has 1 aliphatic heterocycles. The Morgan fingerprint density at radius 3 is 2.27 bits per heavy atom. The SMILES string of the molecule is Cc1ccc2nc(N3CCC(Cc4ccccc4)CC3)nc(-c3ccccc3)c2c1. The molecule has 0 N–H and O–H groups in total. The second-order valence-electron chi connectivity index (χ2n) is 8.38. The molecular weight excluding hydrogens is 366 g/mol. The lowest BCUT2D eigenvalue weighted by molar-refractivity contribution is 0.401. The first-order valence-corrected chi connectivity index (χ1v) is 10.9. The minimum absolute atomic E-state index is 0.736. The van der Waals surface area contributed by atoms with Gasteiger partial charge in [-0.3, -0.25) is 0 Å². The van der Waals surface area contributed by atoms with Gasteiger partial charge in [0, 0.05) is 24.0 Å². The van der Waals surface area contributed by atoms with Gasteiger partial charge in [0.2, 0.25) is 5.95 Å². The van der Waals surface area contributed by atoms with Gasteiger partial charge in [-0.25, -0.2) is 9.97 Å². The molecule has 1 aliphatic rings. The summed E-state index contributed by atoms with van der Waals surface area (Å²) in [6, 6.07) is 27.8. The quantitative estimate of drug-likeness (QED) is 0.422. The molecule has 3 nitrogen and oxygen atoms in total. The molecule has 0 spiro atoms. The van der Waals surface area contributed by atoms with Crippen LogP contribution in [0.3, 0.4) is 0 Å². The van der Waals surface area contributed by atoms with Gasteiger partial charge in [-0.2, -0.15) is 0 Å². The van der Waals surface area contributed by atoms with Crippen LogP contribution in [0.4, 0.5) is 5.95 Å². The van der Waals surface area contributed by atoms with Crippen LogP contribution in [-0.2, 0) is 6.42 Å². The fourth-order valence-electron chi connectivity index (χ4n) is 4.47. The van der Waals surface area contributed by atoms with Crippen LogP contribution in [0, 0.1) is 12.8 Å². The van der Waals surface area contributed by atoms with Crippen molar-refractivity contribution in [1.29, 1.82) is 0 Å². The molecular formula is C27H27N3. The summed E-state index contributed by atoms with van der Waals surface area (Å²) in [5.74, 6) is 1.60. The molecule has 0 unspecified atom stereocenters. The van der Waals surface area contributed by atoms with Crippen molar-refractivity contribution in [1.82, 2.24) is 9.97 Å². The number of fused-ring (bicyclic) bond motifs is 1. The molecule has 5 rings (SSSR count). The van der Waals surface area contributed by atoms with Gasteiger partial charge in [0.1, 0.15) is 0 Å². The Hall–Kier alpha value is -3.20. The zero-order chi connectivity index (χ0) is 20.3. The van der Waals surface area contributed by atoms with Gasteiger partial charge in [-0.1, -0.05) is 72.3 Å². The van der Waals surface area contributed by atoms with Crippen LogP contribution in [0.2, 0.25) is 0 Å². The average molecular weight is 394 g/mol. The highest BCUT2D eigenvalue weighted by Crippen LogP contribution is 2.31. The van der Waals surface area contributed by atoms with E-state index in [4.69, 9.17) is 9.97 Å². The van der Waals surface area contributed by atoms with E-state index in [1.165, 1.54) is 30.4 Å². The van der Waals surface area contributed by atoms with Gasteiger partial charge in [-0.15, -0.1) is 0 Å². The van der Waals surface area contributed by atoms with Crippen molar-refractivity contribution >= 4 is 16.9 Å². The van der Waals surface area contributed by atoms with E-state index in [1.807, 2.05) is 0 Å². The van der Waals surface area contributed by atoms with Crippen molar-refractivity contribution in [2.24, 2.45) is 5.92 Å². The van der Waals surface area contributed by atoms with Gasteiger partial charge in [-0.05, 0) is 49.8 Å². The Bertz CT molecular complexity index is 1130. The average Bonchev–Trinajstić information content (AvgIpc) is 2.80. The van der Waals surface area contributed by atoms with E-state index in [2.05, 4.69) is 90.7 Å². The van der Waals surface area contributed by atoms with Crippen molar-refractivity contribution in [3.8, 4) is 11.3 Å². The third kappa shape index (κ3) is 3.93. The lowest BCUT2D eigenvalue weighted by Crippen LogP contribution is -2.35. The number of anilines is 1. The zero-order valence-electron chi connectivity index (χ0n) is 17.5. The Morgan fingerprint density at radius 2 is 1.53 bits per heavy atom. The van der Waals surface area contributed by atoms with Crippen LogP contribution in [0.5, 0.6) is 0 Å². The standard InChI is InChI=1S/C27H27N3/c1-20-12-13-25-24(18-20)26(23-10-6-3-7-11-23)29-27(28-25)30-16-14-22(15-17-30)19-21-8-4-2-5-9-21/h2-13,18,22H,14-17,19H2,1H3. The maximum Gasteiger partial charge on any atom is 0.226 e. The lowest BCUT2D eigenvalue weighted by Gasteiger charge is -2.32. The van der Waals surface area contributed by atoms with Crippen molar-refractivity contribution in [2.45, 2.75) is 26.2 Å². The second kappa shape index (κ2) is 8.27. The maximum absolute atomic E-state index is 5.06. The molecule has 0 atom stereocenters. The predicted octanol–water partition coefficient (Wildman–Crippen LogP) is 6.06. The minimum atomic E-state index is 0.736. The molecule has 0 saturated carbocycles. The lowest BCUT2D eigenvalue weighted by atomic mass is 9.90. The number of hydrogen-bond acceptors (Lipinski definition) is 3. The van der Waals surface area contributed by atoms with Crippen LogP contribution in [0.25, 0.3) is 22.2 Å². The molecule has 0 aliphatic carbocycles. The van der Waals surface area contributed by atoms with Crippen molar-refractivity contribution < 1.29 is 0 Å². The van der Waals surface area contributed by atoms with E-state index < -0.39 is 0 Å². The molecule has 1 fully saturated rings. The second-order valence-corrected chi connectivity index (χ2v) is 8.38. The van der Waals surface area contributed by atoms with E-state index in [0.29, 0.717) is 0 Å². The summed E-state index contributed by atoms with van der Waals surface area (Å²) in [6.45, 7) is 4.16. The van der Waals surface area contributed by atoms with Gasteiger partial charge < -0.3 is 4.90 Å². The molecule has 1 aromatic heterocycles. The number of hydrogen-bond donors (Lipinski definition) is 0. The van der Waals surface area contributed by atoms with Gasteiger partial charge >= 0.3 is 0 Å². The summed E-state index contributed by atoms with van der Waals surface area (Å²) in [5, 5.41) is 1.13. The van der Waals surface area contributed by atoms with E-state index in [9.17, 15) is 0 Å². The number of nitrogens with zero attached hydrogens (tertiary/aromatic N) is 3. The number of aromatic nitrogens is 2. The number of rotatable bonds is 4. The zero-order valence-corrected chi connectivity index (χ0v) is 17.5. The molecule has 1 saturated heterocycles. The Morgan fingerprint density at radius 1 is 0.833 bits per heavy atom. The Balaban J connectivity index is 1.42. The molecule has 0 radical (unpaired) electrons. The summed E-state index contributed by atoms with van der Waals surface area (Å²) in [5.41, 5.74) is 5.88. The van der Waals surface area contributed by atoms with Crippen LogP contribution in [0.15, 0.2) is 78.9 Å². The van der Waals surface area contributed by atoms with E-state index in [1.54, 1.807) is 0 Å². The van der Waals surface area contributed by atoms with Crippen molar-refractivity contribution in [2.75, 3.05) is 18.0 Å². The Labute approximate surface area is 178 Å². The number of benzene rings is 3. The fraction of sp³-hybridized carbons (Fsp3) is 0.259. The first-order chi connectivity index (χ1) is 14.8. The maximum atomic E-state index is 5.06. The van der Waals surface area contributed by atoms with Crippen LogP contribution in [0.1, 0.15) is 24.0 Å².